The summed E-state index contributed by atoms with van der Waals surface area (Å²) in [4.78, 5) is 3.18. The van der Waals surface area contributed by atoms with E-state index in [0.717, 1.165) is 56.5 Å². The van der Waals surface area contributed by atoms with E-state index in [1.807, 2.05) is 10.7 Å². The number of ether oxygens (including phenoxy) is 3. The standard InChI is InChI=1S/C19H28N6O3/c1-3-16(19-20-21-22-25(19)10-11-26-2)24-8-6-23(7-9-24)13-15-4-5-17-18(12-15)28-14-27-17/h4-5,12,16H,3,6-11,13-14H2,1-2H3/p+2/t16-/m1/s1. The van der Waals surface area contributed by atoms with Crippen LogP contribution in [0.15, 0.2) is 18.2 Å². The zero-order valence-electron chi connectivity index (χ0n) is 16.7. The maximum atomic E-state index is 5.51. The van der Waals surface area contributed by atoms with E-state index < -0.39 is 0 Å². The summed E-state index contributed by atoms with van der Waals surface area (Å²) in [6.07, 6.45) is 1.03. The molecule has 4 rings (SSSR count). The summed E-state index contributed by atoms with van der Waals surface area (Å²) in [7, 11) is 1.70. The van der Waals surface area contributed by atoms with Gasteiger partial charge >= 0.3 is 0 Å². The molecule has 0 bridgehead atoms. The molecule has 1 atom stereocenters. The zero-order chi connectivity index (χ0) is 19.3. The third-order valence-electron chi connectivity index (χ3n) is 5.77. The highest BCUT2D eigenvalue weighted by atomic mass is 16.7. The lowest BCUT2D eigenvalue weighted by molar-refractivity contribution is -1.03. The van der Waals surface area contributed by atoms with Gasteiger partial charge in [-0.05, 0) is 28.6 Å². The van der Waals surface area contributed by atoms with Gasteiger partial charge in [-0.15, -0.1) is 5.10 Å². The number of hydrogen-bond donors (Lipinski definition) is 2. The van der Waals surface area contributed by atoms with Crippen molar-refractivity contribution in [3.63, 3.8) is 0 Å². The molecule has 3 heterocycles. The van der Waals surface area contributed by atoms with Crippen molar-refractivity contribution in [1.82, 2.24) is 20.2 Å². The molecule has 0 aliphatic carbocycles. The molecule has 2 N–H and O–H groups in total. The van der Waals surface area contributed by atoms with Crippen LogP contribution in [0.5, 0.6) is 11.5 Å². The van der Waals surface area contributed by atoms with E-state index in [4.69, 9.17) is 14.2 Å². The fourth-order valence-electron chi connectivity index (χ4n) is 4.24. The Labute approximate surface area is 165 Å². The minimum Gasteiger partial charge on any atom is -0.454 e. The van der Waals surface area contributed by atoms with Crippen molar-refractivity contribution in [3.8, 4) is 11.5 Å². The molecule has 9 heteroatoms. The van der Waals surface area contributed by atoms with Crippen molar-refractivity contribution in [2.24, 2.45) is 0 Å². The number of fused-ring (bicyclic) bond motifs is 1. The highest BCUT2D eigenvalue weighted by molar-refractivity contribution is 5.44. The fraction of sp³-hybridized carbons (Fsp3) is 0.632. The lowest BCUT2D eigenvalue weighted by Gasteiger charge is -2.33. The predicted molar refractivity (Wildman–Crippen MR) is 100 cm³/mol. The largest absolute Gasteiger partial charge is 0.454 e. The highest BCUT2D eigenvalue weighted by Crippen LogP contribution is 2.32. The Balaban J connectivity index is 1.34. The van der Waals surface area contributed by atoms with E-state index in [-0.39, 0.29) is 0 Å². The van der Waals surface area contributed by atoms with Crippen LogP contribution in [0.3, 0.4) is 0 Å². The Kier molecular flexibility index (Phi) is 6.04. The number of methoxy groups -OCH3 is 1. The van der Waals surface area contributed by atoms with Crippen LogP contribution in [0.2, 0.25) is 0 Å². The molecule has 2 aliphatic heterocycles. The number of nitrogens with zero attached hydrogens (tertiary/aromatic N) is 4. The third kappa shape index (κ3) is 4.11. The first-order valence-corrected chi connectivity index (χ1v) is 10.1. The second kappa shape index (κ2) is 8.85. The fourth-order valence-corrected chi connectivity index (χ4v) is 4.24. The third-order valence-corrected chi connectivity index (χ3v) is 5.77. The van der Waals surface area contributed by atoms with E-state index in [9.17, 15) is 0 Å². The quantitative estimate of drug-likeness (QED) is 0.570. The topological polar surface area (TPSA) is 80.2 Å². The maximum Gasteiger partial charge on any atom is 0.231 e. The van der Waals surface area contributed by atoms with Gasteiger partial charge in [0.2, 0.25) is 12.6 Å². The van der Waals surface area contributed by atoms with Crippen molar-refractivity contribution >= 4 is 0 Å². The molecule has 9 nitrogen and oxygen atoms in total. The van der Waals surface area contributed by atoms with Crippen molar-refractivity contribution in [2.45, 2.75) is 32.5 Å². The van der Waals surface area contributed by atoms with E-state index >= 15 is 0 Å². The molecule has 0 spiro atoms. The first kappa shape index (κ1) is 19.1. The summed E-state index contributed by atoms with van der Waals surface area (Å²) in [5, 5.41) is 12.4. The number of rotatable bonds is 8. The molecule has 1 aromatic heterocycles. The molecule has 1 saturated heterocycles. The van der Waals surface area contributed by atoms with E-state index in [1.54, 1.807) is 16.9 Å². The molecule has 1 fully saturated rings. The van der Waals surface area contributed by atoms with Crippen molar-refractivity contribution in [3.05, 3.63) is 29.6 Å². The molecule has 0 unspecified atom stereocenters. The summed E-state index contributed by atoms with van der Waals surface area (Å²) < 4.78 is 18.0. The Bertz CT molecular complexity index is 775. The van der Waals surface area contributed by atoms with Crippen LogP contribution in [0.1, 0.15) is 30.8 Å². The molecular formula is C19H30N6O3+2. The zero-order valence-corrected chi connectivity index (χ0v) is 16.7. The van der Waals surface area contributed by atoms with Gasteiger partial charge in [-0.25, -0.2) is 4.68 Å². The van der Waals surface area contributed by atoms with Gasteiger partial charge in [0.05, 0.1) is 13.2 Å². The van der Waals surface area contributed by atoms with E-state index in [0.29, 0.717) is 26.0 Å². The normalized spacial score (nSPS) is 22.4. The number of tetrazole rings is 1. The maximum absolute atomic E-state index is 5.51. The van der Waals surface area contributed by atoms with Gasteiger partial charge in [-0.3, -0.25) is 0 Å². The van der Waals surface area contributed by atoms with Crippen LogP contribution < -0.4 is 19.3 Å². The minimum atomic E-state index is 0.329. The van der Waals surface area contributed by atoms with Crippen molar-refractivity contribution in [1.29, 1.82) is 0 Å². The number of piperazine rings is 1. The van der Waals surface area contributed by atoms with Gasteiger partial charge < -0.3 is 24.0 Å². The van der Waals surface area contributed by atoms with Gasteiger partial charge in [0, 0.05) is 19.1 Å². The van der Waals surface area contributed by atoms with Gasteiger partial charge in [0.15, 0.2) is 11.5 Å². The van der Waals surface area contributed by atoms with E-state index in [2.05, 4.69) is 34.6 Å². The molecule has 1 aromatic carbocycles. The van der Waals surface area contributed by atoms with Crippen LogP contribution in [0.4, 0.5) is 0 Å². The molecular weight excluding hydrogens is 360 g/mol. The lowest BCUT2D eigenvalue weighted by Crippen LogP contribution is -3.27. The smallest absolute Gasteiger partial charge is 0.231 e. The monoisotopic (exact) mass is 390 g/mol. The number of aromatic nitrogens is 4. The Hall–Kier alpha value is -2.23. The Morgan fingerprint density at radius 3 is 2.79 bits per heavy atom. The molecule has 152 valence electrons. The first-order chi connectivity index (χ1) is 13.8. The minimum absolute atomic E-state index is 0.329. The summed E-state index contributed by atoms with van der Waals surface area (Å²) in [5.41, 5.74) is 1.30. The second-order valence-electron chi connectivity index (χ2n) is 7.49. The van der Waals surface area contributed by atoms with Crippen LogP contribution in [0.25, 0.3) is 0 Å². The van der Waals surface area contributed by atoms with E-state index in [1.165, 1.54) is 5.56 Å². The van der Waals surface area contributed by atoms with Crippen LogP contribution >= 0.6 is 0 Å². The average molecular weight is 390 g/mol. The lowest BCUT2D eigenvalue weighted by atomic mass is 10.1. The molecule has 28 heavy (non-hydrogen) atoms. The van der Waals surface area contributed by atoms with Crippen LogP contribution in [-0.2, 0) is 17.8 Å². The van der Waals surface area contributed by atoms with Gasteiger partial charge in [0.1, 0.15) is 38.8 Å². The number of nitrogens with one attached hydrogen (secondary N) is 2. The molecule has 0 saturated carbocycles. The predicted octanol–water partition coefficient (Wildman–Crippen LogP) is -1.52. The summed E-state index contributed by atoms with van der Waals surface area (Å²) in [6.45, 7) is 9.41. The van der Waals surface area contributed by atoms with Gasteiger partial charge in [0.25, 0.3) is 0 Å². The molecule has 0 amide bonds. The summed E-state index contributed by atoms with van der Waals surface area (Å²) in [6, 6.07) is 6.62. The first-order valence-electron chi connectivity index (χ1n) is 10.1. The Morgan fingerprint density at radius 1 is 1.18 bits per heavy atom. The Morgan fingerprint density at radius 2 is 2.00 bits per heavy atom. The summed E-state index contributed by atoms with van der Waals surface area (Å²) >= 11 is 0. The number of hydrogen-bond acceptors (Lipinski definition) is 6. The highest BCUT2D eigenvalue weighted by Gasteiger charge is 2.33. The number of quaternary nitrogens is 2. The SMILES string of the molecule is CC[C@H](c1nnnn1CCOC)[NH+]1CC[NH+](Cc2ccc3c(c2)OCO3)CC1. The average Bonchev–Trinajstić information content (AvgIpc) is 3.37. The number of benzene rings is 1. The van der Waals surface area contributed by atoms with Gasteiger partial charge in [-0.2, -0.15) is 0 Å². The molecule has 2 aliphatic rings. The van der Waals surface area contributed by atoms with Crippen molar-refractivity contribution < 1.29 is 24.0 Å². The van der Waals surface area contributed by atoms with Crippen LogP contribution in [0, 0.1) is 0 Å². The summed E-state index contributed by atoms with van der Waals surface area (Å²) in [5.74, 6) is 2.70. The van der Waals surface area contributed by atoms with Crippen LogP contribution in [-0.4, -0.2) is 66.9 Å². The van der Waals surface area contributed by atoms with Crippen molar-refractivity contribution in [2.75, 3.05) is 46.7 Å². The van der Waals surface area contributed by atoms with Gasteiger partial charge in [-0.1, -0.05) is 6.92 Å². The molecule has 2 aromatic rings. The second-order valence-corrected chi connectivity index (χ2v) is 7.49. The molecule has 0 radical (unpaired) electrons.